The first-order valence-electron chi connectivity index (χ1n) is 11.5. The number of ether oxygens (including phenoxy) is 1. The van der Waals surface area contributed by atoms with Gasteiger partial charge in [0.2, 0.25) is 5.91 Å². The molecule has 36 heavy (non-hydrogen) atoms. The molecule has 4 heterocycles. The van der Waals surface area contributed by atoms with Crippen molar-refractivity contribution in [3.8, 4) is 11.4 Å². The number of carbonyl (C=O) groups excluding carboxylic acids is 1. The van der Waals surface area contributed by atoms with E-state index in [1.54, 1.807) is 19.5 Å². The molecule has 2 N–H and O–H groups in total. The second kappa shape index (κ2) is 9.79. The summed E-state index contributed by atoms with van der Waals surface area (Å²) in [5.41, 5.74) is 5.33. The number of aryl methyl sites for hydroxylation is 1. The second-order valence-corrected chi connectivity index (χ2v) is 8.90. The number of pyridine rings is 2. The van der Waals surface area contributed by atoms with Crippen LogP contribution in [0.1, 0.15) is 36.1 Å². The molecule has 1 fully saturated rings. The lowest BCUT2D eigenvalue weighted by molar-refractivity contribution is -0.114. The first-order valence-corrected chi connectivity index (χ1v) is 11.9. The van der Waals surface area contributed by atoms with E-state index in [9.17, 15) is 4.79 Å². The topological polar surface area (TPSA) is 84.3 Å². The summed E-state index contributed by atoms with van der Waals surface area (Å²) in [4.78, 5) is 22.9. The average molecular weight is 499 g/mol. The third kappa shape index (κ3) is 4.29. The summed E-state index contributed by atoms with van der Waals surface area (Å²) in [6, 6.07) is 19.2. The molecule has 0 radical (unpaired) electrons. The maximum atomic E-state index is 11.9. The van der Waals surface area contributed by atoms with Gasteiger partial charge in [-0.25, -0.2) is 0 Å². The molecule has 1 amide bonds. The monoisotopic (exact) mass is 498 g/mol. The number of rotatable bonds is 6. The molecule has 5 rings (SSSR count). The summed E-state index contributed by atoms with van der Waals surface area (Å²) < 4.78 is 7.66. The van der Waals surface area contributed by atoms with Crippen molar-refractivity contribution >= 4 is 34.6 Å². The Morgan fingerprint density at radius 1 is 1.08 bits per heavy atom. The number of anilines is 2. The van der Waals surface area contributed by atoms with Gasteiger partial charge in [0.05, 0.1) is 36.4 Å². The van der Waals surface area contributed by atoms with Crippen LogP contribution in [0.25, 0.3) is 5.69 Å². The molecule has 182 valence electrons. The number of nitrogens with one attached hydrogen (secondary N) is 2. The quantitative estimate of drug-likeness (QED) is 0.372. The van der Waals surface area contributed by atoms with Gasteiger partial charge in [-0.15, -0.1) is 0 Å². The summed E-state index contributed by atoms with van der Waals surface area (Å²) in [5.74, 6) is 0.385. The molecule has 0 aliphatic carbocycles. The highest BCUT2D eigenvalue weighted by molar-refractivity contribution is 7.80. The molecule has 4 aromatic rings. The molecule has 1 aromatic carbocycles. The van der Waals surface area contributed by atoms with Crippen molar-refractivity contribution in [2.45, 2.75) is 25.9 Å². The van der Waals surface area contributed by atoms with Crippen LogP contribution in [-0.2, 0) is 4.79 Å². The van der Waals surface area contributed by atoms with Crippen LogP contribution in [0.4, 0.5) is 11.4 Å². The Morgan fingerprint density at radius 2 is 1.94 bits per heavy atom. The van der Waals surface area contributed by atoms with E-state index >= 15 is 0 Å². The van der Waals surface area contributed by atoms with Crippen molar-refractivity contribution < 1.29 is 9.53 Å². The number of methoxy groups -OCH3 is 1. The van der Waals surface area contributed by atoms with Gasteiger partial charge < -0.3 is 24.8 Å². The Hall–Kier alpha value is -4.24. The summed E-state index contributed by atoms with van der Waals surface area (Å²) in [5, 5.41) is 6.91. The fourth-order valence-corrected chi connectivity index (χ4v) is 5.04. The Kier molecular flexibility index (Phi) is 6.39. The van der Waals surface area contributed by atoms with E-state index in [0.29, 0.717) is 16.5 Å². The minimum Gasteiger partial charge on any atom is -0.495 e. The predicted octanol–water partition coefficient (Wildman–Crippen LogP) is 4.72. The van der Waals surface area contributed by atoms with Gasteiger partial charge >= 0.3 is 0 Å². The molecular formula is C27H26N6O2S. The average Bonchev–Trinajstić information content (AvgIpc) is 3.44. The summed E-state index contributed by atoms with van der Waals surface area (Å²) in [6.45, 7) is 3.54. The normalized spacial score (nSPS) is 17.1. The van der Waals surface area contributed by atoms with Gasteiger partial charge in [0.1, 0.15) is 11.8 Å². The number of nitrogens with zero attached hydrogens (tertiary/aromatic N) is 4. The summed E-state index contributed by atoms with van der Waals surface area (Å²) in [6.07, 6.45) is 5.39. The van der Waals surface area contributed by atoms with Crippen LogP contribution in [0.15, 0.2) is 79.3 Å². The fraction of sp³-hybridized carbons (Fsp3) is 0.185. The summed E-state index contributed by atoms with van der Waals surface area (Å²) in [7, 11) is 1.58. The molecule has 0 spiro atoms. The van der Waals surface area contributed by atoms with Gasteiger partial charge in [-0.3, -0.25) is 14.8 Å². The van der Waals surface area contributed by atoms with Crippen LogP contribution < -0.4 is 20.3 Å². The van der Waals surface area contributed by atoms with Gasteiger partial charge in [-0.05, 0) is 73.7 Å². The Labute approximate surface area is 215 Å². The smallest absolute Gasteiger partial charge is 0.221 e. The largest absolute Gasteiger partial charge is 0.495 e. The molecule has 3 aromatic heterocycles. The van der Waals surface area contributed by atoms with Crippen LogP contribution in [-0.4, -0.2) is 32.7 Å². The molecule has 1 saturated heterocycles. The van der Waals surface area contributed by atoms with E-state index in [1.165, 1.54) is 6.92 Å². The van der Waals surface area contributed by atoms with Crippen LogP contribution in [0.5, 0.6) is 5.75 Å². The first kappa shape index (κ1) is 23.5. The van der Waals surface area contributed by atoms with Crippen molar-refractivity contribution in [2.24, 2.45) is 0 Å². The Morgan fingerprint density at radius 3 is 2.64 bits per heavy atom. The predicted molar refractivity (Wildman–Crippen MR) is 144 cm³/mol. The van der Waals surface area contributed by atoms with E-state index in [-0.39, 0.29) is 18.0 Å². The number of thiocarbonyl (C=S) groups is 1. The van der Waals surface area contributed by atoms with Crippen molar-refractivity contribution in [3.05, 3.63) is 96.3 Å². The van der Waals surface area contributed by atoms with Crippen molar-refractivity contribution in [1.29, 1.82) is 0 Å². The highest BCUT2D eigenvalue weighted by Crippen LogP contribution is 2.44. The van der Waals surface area contributed by atoms with Gasteiger partial charge in [-0.2, -0.15) is 0 Å². The zero-order chi connectivity index (χ0) is 25.2. The van der Waals surface area contributed by atoms with E-state index in [0.717, 1.165) is 28.5 Å². The lowest BCUT2D eigenvalue weighted by Gasteiger charge is -2.29. The maximum Gasteiger partial charge on any atom is 0.221 e. The standard InChI is InChI=1S/C27H26N6O2S/c1-17-9-11-23(32(17)20-7-6-13-28-16-20)26-25(21-8-4-5-14-29-21)31-27(36)33(26)19-10-12-24(35-3)22(15-19)30-18(2)34/h4-16,25-26H,1-3H3,(H,30,34)(H,31,36)/t25-,26+/m0/s1. The number of carbonyl (C=O) groups is 1. The van der Waals surface area contributed by atoms with Crippen LogP contribution in [0, 0.1) is 6.92 Å². The minimum atomic E-state index is -0.236. The lowest BCUT2D eigenvalue weighted by atomic mass is 10.0. The highest BCUT2D eigenvalue weighted by Gasteiger charge is 2.42. The van der Waals surface area contributed by atoms with E-state index < -0.39 is 0 Å². The molecule has 0 unspecified atom stereocenters. The number of aromatic nitrogens is 3. The maximum absolute atomic E-state index is 11.9. The van der Waals surface area contributed by atoms with Gasteiger partial charge in [0.25, 0.3) is 0 Å². The van der Waals surface area contributed by atoms with Crippen molar-refractivity contribution in [1.82, 2.24) is 19.9 Å². The lowest BCUT2D eigenvalue weighted by Crippen LogP contribution is -2.30. The first-order chi connectivity index (χ1) is 17.5. The third-order valence-corrected chi connectivity index (χ3v) is 6.50. The SMILES string of the molecule is COc1ccc(N2C(=S)N[C@@H](c3ccccn3)[C@H]2c2ccc(C)n2-c2cccnc2)cc1NC(C)=O. The molecule has 1 aliphatic rings. The van der Waals surface area contributed by atoms with E-state index in [4.69, 9.17) is 17.0 Å². The molecule has 9 heteroatoms. The van der Waals surface area contributed by atoms with Crippen molar-refractivity contribution in [2.75, 3.05) is 17.3 Å². The molecule has 0 saturated carbocycles. The number of hydrogen-bond acceptors (Lipinski definition) is 5. The van der Waals surface area contributed by atoms with Crippen LogP contribution in [0.3, 0.4) is 0 Å². The van der Waals surface area contributed by atoms with Gasteiger partial charge in [0, 0.05) is 36.4 Å². The third-order valence-electron chi connectivity index (χ3n) is 6.18. The second-order valence-electron chi connectivity index (χ2n) is 8.51. The molecule has 0 bridgehead atoms. The Balaban J connectivity index is 1.69. The van der Waals surface area contributed by atoms with E-state index in [2.05, 4.69) is 49.1 Å². The zero-order valence-electron chi connectivity index (χ0n) is 20.2. The van der Waals surface area contributed by atoms with E-state index in [1.807, 2.05) is 54.7 Å². The zero-order valence-corrected chi connectivity index (χ0v) is 21.0. The van der Waals surface area contributed by atoms with Gasteiger partial charge in [0.15, 0.2) is 5.11 Å². The summed E-state index contributed by atoms with van der Waals surface area (Å²) >= 11 is 5.88. The van der Waals surface area contributed by atoms with Crippen molar-refractivity contribution in [3.63, 3.8) is 0 Å². The molecule has 8 nitrogen and oxygen atoms in total. The highest BCUT2D eigenvalue weighted by atomic mass is 32.1. The number of hydrogen-bond donors (Lipinski definition) is 2. The minimum absolute atomic E-state index is 0.184. The Bertz CT molecular complexity index is 1410. The molecular weight excluding hydrogens is 472 g/mol. The number of benzene rings is 1. The molecule has 2 atom stereocenters. The fourth-order valence-electron chi connectivity index (χ4n) is 4.69. The van der Waals surface area contributed by atoms with Crippen LogP contribution >= 0.6 is 12.2 Å². The van der Waals surface area contributed by atoms with Crippen LogP contribution in [0.2, 0.25) is 0 Å². The molecule has 1 aliphatic heterocycles. The number of amides is 1. The van der Waals surface area contributed by atoms with Gasteiger partial charge in [-0.1, -0.05) is 6.07 Å².